The van der Waals surface area contributed by atoms with Gasteiger partial charge in [-0.3, -0.25) is 9.59 Å². The number of rotatable bonds is 5. The fourth-order valence-corrected chi connectivity index (χ4v) is 5.49. The molecule has 1 spiro atoms. The van der Waals surface area contributed by atoms with Crippen molar-refractivity contribution >= 4 is 23.4 Å². The van der Waals surface area contributed by atoms with Crippen LogP contribution in [0, 0.1) is 17.8 Å². The number of alkyl halides is 2. The normalized spacial score (nSPS) is 31.1. The van der Waals surface area contributed by atoms with Gasteiger partial charge in [0.25, 0.3) is 0 Å². The van der Waals surface area contributed by atoms with Gasteiger partial charge in [0.1, 0.15) is 0 Å². The van der Waals surface area contributed by atoms with Crippen molar-refractivity contribution in [2.45, 2.75) is 63.0 Å². The molecule has 0 aromatic heterocycles. The summed E-state index contributed by atoms with van der Waals surface area (Å²) in [7, 11) is 0. The highest BCUT2D eigenvalue weighted by molar-refractivity contribution is 6.30. The second kappa shape index (κ2) is 7.62. The Morgan fingerprint density at radius 2 is 1.96 bits per heavy atom. The molecular weight excluding hydrogens is 386 g/mol. The summed E-state index contributed by atoms with van der Waals surface area (Å²) in [6, 6.07) is 7.43. The third-order valence-corrected chi connectivity index (χ3v) is 7.01. The lowest BCUT2D eigenvalue weighted by Crippen LogP contribution is -2.60. The first-order valence-corrected chi connectivity index (χ1v) is 10.4. The Balaban J connectivity index is 1.45. The van der Waals surface area contributed by atoms with Gasteiger partial charge in [-0.2, -0.15) is 0 Å². The number of carbonyl (C=O) groups excluding carboxylic acids is 2. The van der Waals surface area contributed by atoms with Gasteiger partial charge in [-0.1, -0.05) is 36.6 Å². The molecule has 2 saturated carbocycles. The summed E-state index contributed by atoms with van der Waals surface area (Å²) in [6.45, 7) is 0. The van der Waals surface area contributed by atoms with Gasteiger partial charge in [0, 0.05) is 17.4 Å². The zero-order valence-electron chi connectivity index (χ0n) is 15.6. The summed E-state index contributed by atoms with van der Waals surface area (Å²) >= 11 is 6.15. The quantitative estimate of drug-likeness (QED) is 0.762. The van der Waals surface area contributed by atoms with Crippen molar-refractivity contribution in [3.8, 4) is 0 Å². The van der Waals surface area contributed by atoms with Crippen LogP contribution in [0.1, 0.15) is 56.6 Å². The van der Waals surface area contributed by atoms with Gasteiger partial charge in [0.2, 0.25) is 18.2 Å². The molecule has 0 bridgehead atoms. The summed E-state index contributed by atoms with van der Waals surface area (Å²) in [4.78, 5) is 24.6. The first kappa shape index (κ1) is 19.6. The van der Waals surface area contributed by atoms with E-state index in [2.05, 4.69) is 10.6 Å². The Morgan fingerprint density at radius 3 is 2.61 bits per heavy atom. The number of amides is 2. The van der Waals surface area contributed by atoms with Crippen LogP contribution in [0.5, 0.6) is 0 Å². The van der Waals surface area contributed by atoms with E-state index in [0.29, 0.717) is 10.9 Å². The molecule has 2 atom stereocenters. The van der Waals surface area contributed by atoms with E-state index in [4.69, 9.17) is 11.6 Å². The van der Waals surface area contributed by atoms with Gasteiger partial charge in [-0.15, -0.1) is 0 Å². The van der Waals surface area contributed by atoms with Gasteiger partial charge in [0.05, 0.1) is 17.5 Å². The Hall–Kier alpha value is -1.69. The van der Waals surface area contributed by atoms with Crippen LogP contribution in [0.15, 0.2) is 24.3 Å². The van der Waals surface area contributed by atoms with Gasteiger partial charge in [-0.25, -0.2) is 8.78 Å². The second-order valence-corrected chi connectivity index (χ2v) is 8.98. The fourth-order valence-electron chi connectivity index (χ4n) is 5.29. The Labute approximate surface area is 168 Å². The molecule has 1 aliphatic heterocycles. The summed E-state index contributed by atoms with van der Waals surface area (Å²) in [5, 5.41) is 6.51. The van der Waals surface area contributed by atoms with E-state index in [1.165, 1.54) is 0 Å². The monoisotopic (exact) mass is 410 g/mol. The zero-order chi connectivity index (χ0) is 19.9. The maximum Gasteiger partial charge on any atom is 0.244 e. The SMILES string of the molecule is O=C1CC(C(F)F)C2(CC(C(=O)N[C@@H](c3cccc(Cl)c3)C3CCCC3)C2)N1. The molecule has 1 aromatic carbocycles. The van der Waals surface area contributed by atoms with E-state index in [9.17, 15) is 18.4 Å². The van der Waals surface area contributed by atoms with Crippen LogP contribution in [0.2, 0.25) is 5.02 Å². The van der Waals surface area contributed by atoms with E-state index in [1.807, 2.05) is 24.3 Å². The molecule has 1 heterocycles. The van der Waals surface area contributed by atoms with Crippen LogP contribution in [0.4, 0.5) is 8.78 Å². The van der Waals surface area contributed by atoms with Crippen molar-refractivity contribution in [3.63, 3.8) is 0 Å². The topological polar surface area (TPSA) is 58.2 Å². The first-order valence-electron chi connectivity index (χ1n) is 10.0. The van der Waals surface area contributed by atoms with Crippen LogP contribution >= 0.6 is 11.6 Å². The third kappa shape index (κ3) is 3.63. The molecule has 0 radical (unpaired) electrons. The predicted molar refractivity (Wildman–Crippen MR) is 102 cm³/mol. The average Bonchev–Trinajstić information content (AvgIpc) is 3.25. The number of halogens is 3. The number of hydrogen-bond acceptors (Lipinski definition) is 2. The Bertz CT molecular complexity index is 761. The Morgan fingerprint density at radius 1 is 1.25 bits per heavy atom. The van der Waals surface area contributed by atoms with Crippen molar-refractivity contribution in [1.82, 2.24) is 10.6 Å². The average molecular weight is 411 g/mol. The summed E-state index contributed by atoms with van der Waals surface area (Å²) in [5.41, 5.74) is 0.0769. The highest BCUT2D eigenvalue weighted by atomic mass is 35.5. The van der Waals surface area contributed by atoms with E-state index < -0.39 is 17.9 Å². The molecule has 1 aromatic rings. The third-order valence-electron chi connectivity index (χ3n) is 6.78. The van der Waals surface area contributed by atoms with E-state index in [1.54, 1.807) is 0 Å². The molecule has 2 N–H and O–H groups in total. The first-order chi connectivity index (χ1) is 13.4. The lowest BCUT2D eigenvalue weighted by molar-refractivity contribution is -0.135. The zero-order valence-corrected chi connectivity index (χ0v) is 16.4. The number of benzene rings is 1. The molecule has 28 heavy (non-hydrogen) atoms. The summed E-state index contributed by atoms with van der Waals surface area (Å²) < 4.78 is 26.7. The van der Waals surface area contributed by atoms with Gasteiger partial charge in [-0.05, 0) is 49.3 Å². The largest absolute Gasteiger partial charge is 0.350 e. The van der Waals surface area contributed by atoms with Gasteiger partial charge in [0.15, 0.2) is 0 Å². The van der Waals surface area contributed by atoms with Crippen molar-refractivity contribution in [2.75, 3.05) is 0 Å². The lowest BCUT2D eigenvalue weighted by atomic mass is 9.62. The lowest BCUT2D eigenvalue weighted by Gasteiger charge is -2.48. The van der Waals surface area contributed by atoms with Crippen LogP contribution in [0.25, 0.3) is 0 Å². The number of carbonyl (C=O) groups is 2. The molecule has 3 aliphatic rings. The van der Waals surface area contributed by atoms with E-state index >= 15 is 0 Å². The van der Waals surface area contributed by atoms with Crippen LogP contribution in [-0.2, 0) is 9.59 Å². The maximum atomic E-state index is 13.3. The maximum absolute atomic E-state index is 13.3. The smallest absolute Gasteiger partial charge is 0.244 e. The number of hydrogen-bond donors (Lipinski definition) is 2. The van der Waals surface area contributed by atoms with Gasteiger partial charge >= 0.3 is 0 Å². The van der Waals surface area contributed by atoms with Gasteiger partial charge < -0.3 is 10.6 Å². The molecule has 3 fully saturated rings. The summed E-state index contributed by atoms with van der Waals surface area (Å²) in [5.74, 6) is -1.44. The highest BCUT2D eigenvalue weighted by Gasteiger charge is 2.59. The van der Waals surface area contributed by atoms with Crippen LogP contribution < -0.4 is 10.6 Å². The molecule has 1 saturated heterocycles. The molecule has 4 rings (SSSR count). The second-order valence-electron chi connectivity index (χ2n) is 8.54. The van der Waals surface area contributed by atoms with E-state index in [-0.39, 0.29) is 43.0 Å². The minimum atomic E-state index is -2.55. The number of nitrogens with one attached hydrogen (secondary N) is 2. The standard InChI is InChI=1S/C21H25ClF2N2O2/c22-15-7-3-6-13(8-15)18(12-4-1-2-5-12)25-20(28)14-10-21(11-14)16(19(23)24)9-17(27)26-21/h3,6-8,12,14,16,18-19H,1-2,4-5,9-11H2,(H,25,28)(H,26,27)/t14?,16?,18-,21?/m1/s1. The fraction of sp³-hybridized carbons (Fsp3) is 0.619. The molecule has 152 valence electrons. The highest BCUT2D eigenvalue weighted by Crippen LogP contribution is 2.50. The van der Waals surface area contributed by atoms with Crippen LogP contribution in [-0.4, -0.2) is 23.8 Å². The van der Waals surface area contributed by atoms with Crippen molar-refractivity contribution in [1.29, 1.82) is 0 Å². The van der Waals surface area contributed by atoms with Crippen molar-refractivity contribution in [3.05, 3.63) is 34.9 Å². The molecule has 4 nitrogen and oxygen atoms in total. The Kier molecular flexibility index (Phi) is 5.34. The minimum absolute atomic E-state index is 0.114. The molecule has 2 aliphatic carbocycles. The minimum Gasteiger partial charge on any atom is -0.350 e. The van der Waals surface area contributed by atoms with Crippen LogP contribution in [0.3, 0.4) is 0 Å². The van der Waals surface area contributed by atoms with Crippen molar-refractivity contribution in [2.24, 2.45) is 17.8 Å². The molecule has 2 amide bonds. The van der Waals surface area contributed by atoms with E-state index in [0.717, 1.165) is 31.2 Å². The molecule has 7 heteroatoms. The molecular formula is C21H25ClF2N2O2. The van der Waals surface area contributed by atoms with Crippen molar-refractivity contribution < 1.29 is 18.4 Å². The molecule has 1 unspecified atom stereocenters. The predicted octanol–water partition coefficient (Wildman–Crippen LogP) is 4.24. The summed E-state index contributed by atoms with van der Waals surface area (Å²) in [6.07, 6.45) is 2.25.